The molecule has 0 spiro atoms. The number of carbonyl (C=O) groups is 1. The van der Waals surface area contributed by atoms with E-state index in [2.05, 4.69) is 20.6 Å². The summed E-state index contributed by atoms with van der Waals surface area (Å²) in [5.74, 6) is 0.260. The van der Waals surface area contributed by atoms with Gasteiger partial charge < -0.3 is 15.4 Å². The Hall–Kier alpha value is -2.47. The SMILES string of the molecule is COCCCNc1nc(C)cc(C(=O)NCc2ccccc2C)n1. The van der Waals surface area contributed by atoms with Crippen LogP contribution in [0, 0.1) is 13.8 Å². The van der Waals surface area contributed by atoms with E-state index in [1.807, 2.05) is 38.1 Å². The number of rotatable bonds is 8. The molecule has 6 nitrogen and oxygen atoms in total. The topological polar surface area (TPSA) is 76.1 Å². The summed E-state index contributed by atoms with van der Waals surface area (Å²) < 4.78 is 5.00. The minimum atomic E-state index is -0.205. The molecule has 2 aromatic rings. The van der Waals surface area contributed by atoms with Gasteiger partial charge in [0.1, 0.15) is 5.69 Å². The largest absolute Gasteiger partial charge is 0.385 e. The molecule has 1 aromatic carbocycles. The highest BCUT2D eigenvalue weighted by atomic mass is 16.5. The fraction of sp³-hybridized carbons (Fsp3) is 0.389. The number of carbonyl (C=O) groups excluding carboxylic acids is 1. The molecule has 0 saturated carbocycles. The molecule has 0 fully saturated rings. The highest BCUT2D eigenvalue weighted by Crippen LogP contribution is 2.08. The average Bonchev–Trinajstić information content (AvgIpc) is 2.57. The molecule has 24 heavy (non-hydrogen) atoms. The summed E-state index contributed by atoms with van der Waals surface area (Å²) in [6.07, 6.45) is 0.850. The summed E-state index contributed by atoms with van der Waals surface area (Å²) in [5.41, 5.74) is 3.36. The van der Waals surface area contributed by atoms with Crippen LogP contribution in [0.25, 0.3) is 0 Å². The smallest absolute Gasteiger partial charge is 0.270 e. The third-order valence-corrected chi connectivity index (χ3v) is 3.60. The van der Waals surface area contributed by atoms with Gasteiger partial charge in [0.05, 0.1) is 0 Å². The molecule has 1 aromatic heterocycles. The molecule has 1 heterocycles. The standard InChI is InChI=1S/C18H24N4O2/c1-13-7-4-5-8-15(13)12-20-17(23)16-11-14(2)21-18(22-16)19-9-6-10-24-3/h4-5,7-8,11H,6,9-10,12H2,1-3H3,(H,20,23)(H,19,21,22). The number of benzene rings is 1. The highest BCUT2D eigenvalue weighted by Gasteiger charge is 2.10. The number of amides is 1. The summed E-state index contributed by atoms with van der Waals surface area (Å²) in [6, 6.07) is 9.66. The Bertz CT molecular complexity index is 688. The van der Waals surface area contributed by atoms with Crippen molar-refractivity contribution in [1.82, 2.24) is 15.3 Å². The molecule has 2 N–H and O–H groups in total. The van der Waals surface area contributed by atoms with Crippen molar-refractivity contribution in [3.05, 3.63) is 52.8 Å². The number of nitrogens with zero attached hydrogens (tertiary/aromatic N) is 2. The molecule has 6 heteroatoms. The van der Waals surface area contributed by atoms with E-state index in [0.29, 0.717) is 31.3 Å². The van der Waals surface area contributed by atoms with Crippen molar-refractivity contribution in [3.63, 3.8) is 0 Å². The van der Waals surface area contributed by atoms with Crippen LogP contribution in [0.15, 0.2) is 30.3 Å². The van der Waals surface area contributed by atoms with Gasteiger partial charge in [-0.25, -0.2) is 9.97 Å². The Labute approximate surface area is 142 Å². The number of hydrogen-bond acceptors (Lipinski definition) is 5. The van der Waals surface area contributed by atoms with Crippen molar-refractivity contribution in [2.24, 2.45) is 0 Å². The second-order valence-electron chi connectivity index (χ2n) is 5.60. The second-order valence-corrected chi connectivity index (χ2v) is 5.60. The minimum absolute atomic E-state index is 0.205. The van der Waals surface area contributed by atoms with Gasteiger partial charge in [-0.15, -0.1) is 0 Å². The van der Waals surface area contributed by atoms with Gasteiger partial charge >= 0.3 is 0 Å². The lowest BCUT2D eigenvalue weighted by atomic mass is 10.1. The van der Waals surface area contributed by atoms with E-state index in [1.165, 1.54) is 0 Å². The summed E-state index contributed by atoms with van der Waals surface area (Å²) in [7, 11) is 1.67. The molecule has 0 aliphatic carbocycles. The molecule has 128 valence electrons. The Morgan fingerprint density at radius 3 is 2.75 bits per heavy atom. The molecular formula is C18H24N4O2. The lowest BCUT2D eigenvalue weighted by Crippen LogP contribution is -2.25. The zero-order valence-electron chi connectivity index (χ0n) is 14.4. The molecule has 0 saturated heterocycles. The average molecular weight is 328 g/mol. The summed E-state index contributed by atoms with van der Waals surface area (Å²) in [6.45, 7) is 5.72. The van der Waals surface area contributed by atoms with Crippen LogP contribution in [-0.4, -0.2) is 36.1 Å². The third-order valence-electron chi connectivity index (χ3n) is 3.60. The van der Waals surface area contributed by atoms with E-state index in [0.717, 1.165) is 23.2 Å². The van der Waals surface area contributed by atoms with Crippen LogP contribution < -0.4 is 10.6 Å². The molecule has 0 radical (unpaired) electrons. The van der Waals surface area contributed by atoms with Gasteiger partial charge in [0.15, 0.2) is 0 Å². The summed E-state index contributed by atoms with van der Waals surface area (Å²) in [4.78, 5) is 21.0. The monoisotopic (exact) mass is 328 g/mol. The van der Waals surface area contributed by atoms with E-state index >= 15 is 0 Å². The zero-order valence-corrected chi connectivity index (χ0v) is 14.4. The predicted octanol–water partition coefficient (Wildman–Crippen LogP) is 2.47. The molecule has 0 unspecified atom stereocenters. The minimum Gasteiger partial charge on any atom is -0.385 e. The first-order valence-corrected chi connectivity index (χ1v) is 8.01. The molecule has 0 atom stereocenters. The lowest BCUT2D eigenvalue weighted by Gasteiger charge is -2.10. The van der Waals surface area contributed by atoms with Gasteiger partial charge in [-0.3, -0.25) is 4.79 Å². The Kier molecular flexibility index (Phi) is 6.69. The van der Waals surface area contributed by atoms with E-state index in [9.17, 15) is 4.79 Å². The number of hydrogen-bond donors (Lipinski definition) is 2. The normalized spacial score (nSPS) is 10.5. The number of anilines is 1. The summed E-state index contributed by atoms with van der Waals surface area (Å²) >= 11 is 0. The number of methoxy groups -OCH3 is 1. The van der Waals surface area contributed by atoms with E-state index in [-0.39, 0.29) is 5.91 Å². The highest BCUT2D eigenvalue weighted by molar-refractivity contribution is 5.92. The third kappa shape index (κ3) is 5.31. The molecule has 0 aliphatic heterocycles. The first-order valence-electron chi connectivity index (χ1n) is 8.01. The molecule has 1 amide bonds. The number of aryl methyl sites for hydroxylation is 2. The number of aromatic nitrogens is 2. The van der Waals surface area contributed by atoms with Gasteiger partial charge in [0.25, 0.3) is 5.91 Å². The lowest BCUT2D eigenvalue weighted by molar-refractivity contribution is 0.0945. The first-order chi connectivity index (χ1) is 11.6. The zero-order chi connectivity index (χ0) is 17.4. The van der Waals surface area contributed by atoms with Crippen molar-refractivity contribution in [2.45, 2.75) is 26.8 Å². The van der Waals surface area contributed by atoms with E-state index in [1.54, 1.807) is 13.2 Å². The predicted molar refractivity (Wildman–Crippen MR) is 94.1 cm³/mol. The number of ether oxygens (including phenoxy) is 1. The molecule has 0 aliphatic rings. The van der Waals surface area contributed by atoms with Crippen molar-refractivity contribution >= 4 is 11.9 Å². The molecule has 0 bridgehead atoms. The van der Waals surface area contributed by atoms with Gasteiger partial charge in [0.2, 0.25) is 5.95 Å². The fourth-order valence-corrected chi connectivity index (χ4v) is 2.26. The fourth-order valence-electron chi connectivity index (χ4n) is 2.26. The Morgan fingerprint density at radius 2 is 2.00 bits per heavy atom. The maximum atomic E-state index is 12.4. The Balaban J connectivity index is 1.98. The van der Waals surface area contributed by atoms with Crippen molar-refractivity contribution in [2.75, 3.05) is 25.6 Å². The van der Waals surface area contributed by atoms with Gasteiger partial charge in [-0.2, -0.15) is 0 Å². The maximum absolute atomic E-state index is 12.4. The molecular weight excluding hydrogens is 304 g/mol. The summed E-state index contributed by atoms with van der Waals surface area (Å²) in [5, 5.41) is 6.03. The van der Waals surface area contributed by atoms with Crippen LogP contribution in [0.4, 0.5) is 5.95 Å². The Morgan fingerprint density at radius 1 is 1.21 bits per heavy atom. The van der Waals surface area contributed by atoms with Crippen LogP contribution in [-0.2, 0) is 11.3 Å². The van der Waals surface area contributed by atoms with Crippen molar-refractivity contribution in [1.29, 1.82) is 0 Å². The van der Waals surface area contributed by atoms with Gasteiger partial charge in [-0.1, -0.05) is 24.3 Å². The second kappa shape index (κ2) is 8.98. The van der Waals surface area contributed by atoms with E-state index < -0.39 is 0 Å². The first kappa shape index (κ1) is 17.9. The van der Waals surface area contributed by atoms with E-state index in [4.69, 9.17) is 4.74 Å². The van der Waals surface area contributed by atoms with Crippen LogP contribution in [0.3, 0.4) is 0 Å². The van der Waals surface area contributed by atoms with Crippen LogP contribution in [0.2, 0.25) is 0 Å². The molecule has 2 rings (SSSR count). The van der Waals surface area contributed by atoms with Crippen molar-refractivity contribution < 1.29 is 9.53 Å². The quantitative estimate of drug-likeness (QED) is 0.728. The number of nitrogens with one attached hydrogen (secondary N) is 2. The van der Waals surface area contributed by atoms with Crippen LogP contribution in [0.1, 0.15) is 33.7 Å². The van der Waals surface area contributed by atoms with Gasteiger partial charge in [0, 0.05) is 32.5 Å². The van der Waals surface area contributed by atoms with Crippen molar-refractivity contribution in [3.8, 4) is 0 Å². The van der Waals surface area contributed by atoms with Crippen LogP contribution in [0.5, 0.6) is 0 Å². The van der Waals surface area contributed by atoms with Gasteiger partial charge in [-0.05, 0) is 37.5 Å². The van der Waals surface area contributed by atoms with Crippen LogP contribution >= 0.6 is 0 Å². The maximum Gasteiger partial charge on any atom is 0.270 e.